The second-order valence-electron chi connectivity index (χ2n) is 7.35. The normalized spacial score (nSPS) is 23.5. The van der Waals surface area contributed by atoms with E-state index >= 15 is 0 Å². The van der Waals surface area contributed by atoms with Crippen molar-refractivity contribution in [3.63, 3.8) is 0 Å². The molecule has 2 N–H and O–H groups in total. The highest BCUT2D eigenvalue weighted by Crippen LogP contribution is 2.39. The minimum atomic E-state index is -3.63. The lowest BCUT2D eigenvalue weighted by molar-refractivity contribution is 0.413. The molecule has 0 amide bonds. The van der Waals surface area contributed by atoms with Crippen molar-refractivity contribution in [1.29, 1.82) is 0 Å². The summed E-state index contributed by atoms with van der Waals surface area (Å²) in [6.45, 7) is 4.60. The van der Waals surface area contributed by atoms with Crippen LogP contribution in [0.3, 0.4) is 0 Å². The summed E-state index contributed by atoms with van der Waals surface area (Å²) in [4.78, 5) is 8.50. The van der Waals surface area contributed by atoms with Crippen molar-refractivity contribution < 1.29 is 17.5 Å². The van der Waals surface area contributed by atoms with Crippen molar-refractivity contribution in [1.82, 2.24) is 4.98 Å². The van der Waals surface area contributed by atoms with Gasteiger partial charge in [-0.1, -0.05) is 6.07 Å². The van der Waals surface area contributed by atoms with Crippen LogP contribution in [0.4, 0.5) is 4.39 Å². The van der Waals surface area contributed by atoms with Crippen molar-refractivity contribution in [3.05, 3.63) is 48.0 Å². The minimum Gasteiger partial charge on any atom is -0.495 e. The highest BCUT2D eigenvalue weighted by atomic mass is 32.2. The zero-order valence-corrected chi connectivity index (χ0v) is 16.5. The molecule has 8 heteroatoms. The van der Waals surface area contributed by atoms with E-state index in [2.05, 4.69) is 9.98 Å². The lowest BCUT2D eigenvalue weighted by Crippen LogP contribution is -2.54. The first-order chi connectivity index (χ1) is 12.5. The van der Waals surface area contributed by atoms with Gasteiger partial charge in [0.2, 0.25) is 0 Å². The molecule has 0 spiro atoms. The molecule has 1 aromatic carbocycles. The van der Waals surface area contributed by atoms with E-state index in [9.17, 15) is 12.8 Å². The zero-order valence-electron chi connectivity index (χ0n) is 15.7. The first-order valence-corrected chi connectivity index (χ1v) is 10.0. The van der Waals surface area contributed by atoms with E-state index in [0.717, 1.165) is 5.56 Å². The van der Waals surface area contributed by atoms with Gasteiger partial charge in [-0.3, -0.25) is 9.98 Å². The summed E-state index contributed by atoms with van der Waals surface area (Å²) in [7, 11) is -2.09. The molecule has 1 aromatic heterocycles. The summed E-state index contributed by atoms with van der Waals surface area (Å²) in [6.07, 6.45) is 3.19. The molecule has 0 saturated carbocycles. The molecule has 1 aliphatic rings. The van der Waals surface area contributed by atoms with Gasteiger partial charge in [-0.2, -0.15) is 0 Å². The van der Waals surface area contributed by atoms with Gasteiger partial charge in [-0.25, -0.2) is 12.8 Å². The van der Waals surface area contributed by atoms with E-state index in [-0.39, 0.29) is 17.2 Å². The van der Waals surface area contributed by atoms with Gasteiger partial charge in [0, 0.05) is 17.3 Å². The van der Waals surface area contributed by atoms with Gasteiger partial charge in [-0.05, 0) is 44.5 Å². The average molecular weight is 391 g/mol. The van der Waals surface area contributed by atoms with E-state index < -0.39 is 25.9 Å². The highest BCUT2D eigenvalue weighted by molar-refractivity contribution is 7.93. The third-order valence-corrected chi connectivity index (χ3v) is 7.77. The first kappa shape index (κ1) is 19.3. The van der Waals surface area contributed by atoms with E-state index in [1.807, 2.05) is 0 Å². The van der Waals surface area contributed by atoms with Crippen LogP contribution in [0.15, 0.2) is 41.7 Å². The van der Waals surface area contributed by atoms with Gasteiger partial charge >= 0.3 is 0 Å². The Labute approximate surface area is 158 Å². The van der Waals surface area contributed by atoms with Gasteiger partial charge in [0.1, 0.15) is 27.7 Å². The number of nitrogens with two attached hydrogens (primary N) is 1. The number of methoxy groups -OCH3 is 1. The van der Waals surface area contributed by atoms with Gasteiger partial charge in [0.15, 0.2) is 9.84 Å². The Morgan fingerprint density at radius 1 is 1.15 bits per heavy atom. The summed E-state index contributed by atoms with van der Waals surface area (Å²) < 4.78 is 44.1. The number of nitrogens with zero attached hydrogens (tertiary/aromatic N) is 2. The molecule has 3 rings (SSSR count). The van der Waals surface area contributed by atoms with Crippen LogP contribution in [-0.4, -0.2) is 36.8 Å². The molecule has 0 saturated heterocycles. The number of aliphatic imine (C=N–C) groups is 1. The summed E-state index contributed by atoms with van der Waals surface area (Å²) >= 11 is 0. The van der Waals surface area contributed by atoms with Crippen LogP contribution in [0, 0.1) is 5.82 Å². The minimum absolute atomic E-state index is 0.0240. The maximum absolute atomic E-state index is 14.7. The Morgan fingerprint density at radius 2 is 1.85 bits per heavy atom. The van der Waals surface area contributed by atoms with Gasteiger partial charge in [0.05, 0.1) is 19.1 Å². The molecule has 0 bridgehead atoms. The smallest absolute Gasteiger partial charge is 0.165 e. The molecule has 1 aliphatic heterocycles. The summed E-state index contributed by atoms with van der Waals surface area (Å²) in [5.74, 6) is -0.328. The average Bonchev–Trinajstić information content (AvgIpc) is 2.60. The zero-order chi connectivity index (χ0) is 20.0. The number of halogens is 1. The number of amidine groups is 1. The number of pyridine rings is 1. The van der Waals surface area contributed by atoms with Crippen LogP contribution in [0.25, 0.3) is 11.1 Å². The van der Waals surface area contributed by atoms with Gasteiger partial charge < -0.3 is 10.5 Å². The van der Waals surface area contributed by atoms with Crippen molar-refractivity contribution in [2.24, 2.45) is 10.7 Å². The highest BCUT2D eigenvalue weighted by Gasteiger charge is 2.49. The molecule has 27 heavy (non-hydrogen) atoms. The Bertz CT molecular complexity index is 1030. The van der Waals surface area contributed by atoms with E-state index in [1.54, 1.807) is 37.5 Å². The number of ether oxygens (including phenoxy) is 1. The number of hydrogen-bond acceptors (Lipinski definition) is 6. The van der Waals surface area contributed by atoms with Crippen molar-refractivity contribution in [3.8, 4) is 16.9 Å². The summed E-state index contributed by atoms with van der Waals surface area (Å²) in [5.41, 5.74) is 6.21. The first-order valence-electron chi connectivity index (χ1n) is 8.38. The molecule has 6 nitrogen and oxygen atoms in total. The fraction of sp³-hybridized carbons (Fsp3) is 0.368. The molecule has 144 valence electrons. The third kappa shape index (κ3) is 3.18. The summed E-state index contributed by atoms with van der Waals surface area (Å²) in [5, 5.41) is 0. The second kappa shape index (κ2) is 6.30. The van der Waals surface area contributed by atoms with Crippen molar-refractivity contribution in [2.75, 3.05) is 12.9 Å². The number of benzene rings is 1. The van der Waals surface area contributed by atoms with Crippen LogP contribution >= 0.6 is 0 Å². The topological polar surface area (TPSA) is 94.6 Å². The van der Waals surface area contributed by atoms with Gasteiger partial charge in [-0.15, -0.1) is 0 Å². The molecule has 0 fully saturated rings. The predicted octanol–water partition coefficient (Wildman–Crippen LogP) is 2.68. The molecular formula is C19H22FN3O3S. The molecule has 2 aromatic rings. The van der Waals surface area contributed by atoms with Crippen LogP contribution in [0.5, 0.6) is 5.75 Å². The Kier molecular flexibility index (Phi) is 4.50. The monoisotopic (exact) mass is 391 g/mol. The van der Waals surface area contributed by atoms with Crippen LogP contribution < -0.4 is 10.5 Å². The number of hydrogen-bond donors (Lipinski definition) is 1. The maximum Gasteiger partial charge on any atom is 0.165 e. The Balaban J connectivity index is 2.16. The number of rotatable bonds is 3. The third-order valence-electron chi connectivity index (χ3n) is 5.06. The van der Waals surface area contributed by atoms with E-state index in [0.29, 0.717) is 11.3 Å². The molecular weight excluding hydrogens is 369 g/mol. The maximum atomic E-state index is 14.7. The lowest BCUT2D eigenvalue weighted by atomic mass is 9.90. The molecule has 2 heterocycles. The molecule has 0 unspecified atom stereocenters. The fourth-order valence-corrected chi connectivity index (χ4v) is 4.77. The SMILES string of the molecule is COc1cncc(-c2ccc(F)c([C@]3(C)CS(=O)(=O)C(C)(C)C(N)=N3)c2)c1. The lowest BCUT2D eigenvalue weighted by Gasteiger charge is -2.38. The fourth-order valence-electron chi connectivity index (χ4n) is 3.09. The molecule has 0 aliphatic carbocycles. The summed E-state index contributed by atoms with van der Waals surface area (Å²) in [6, 6.07) is 6.27. The van der Waals surface area contributed by atoms with Gasteiger partial charge in [0.25, 0.3) is 0 Å². The molecule has 1 atom stereocenters. The van der Waals surface area contributed by atoms with Crippen LogP contribution in [0.2, 0.25) is 0 Å². The second-order valence-corrected chi connectivity index (χ2v) is 9.89. The number of aromatic nitrogens is 1. The van der Waals surface area contributed by atoms with E-state index in [1.165, 1.54) is 27.0 Å². The quantitative estimate of drug-likeness (QED) is 0.868. The van der Waals surface area contributed by atoms with Crippen molar-refractivity contribution in [2.45, 2.75) is 31.1 Å². The standard InChI is InChI=1S/C19H22FN3O3S/c1-18(2)17(21)23-19(3,11-27(18,24)25)15-8-12(5-6-16(15)20)13-7-14(26-4)10-22-9-13/h5-10H,11H2,1-4H3,(H2,21,23)/t19-/m0/s1. The van der Waals surface area contributed by atoms with Crippen LogP contribution in [-0.2, 0) is 15.4 Å². The number of sulfone groups is 1. The van der Waals surface area contributed by atoms with Crippen molar-refractivity contribution >= 4 is 15.7 Å². The predicted molar refractivity (Wildman–Crippen MR) is 103 cm³/mol. The Hall–Kier alpha value is -2.48. The molecule has 0 radical (unpaired) electrons. The largest absolute Gasteiger partial charge is 0.495 e. The van der Waals surface area contributed by atoms with Crippen LogP contribution in [0.1, 0.15) is 26.3 Å². The Morgan fingerprint density at radius 3 is 2.48 bits per heavy atom. The van der Waals surface area contributed by atoms with E-state index in [4.69, 9.17) is 10.5 Å².